The molecule has 6 heteroatoms. The lowest BCUT2D eigenvalue weighted by molar-refractivity contribution is -0.118. The topological polar surface area (TPSA) is 64.7 Å². The molecule has 0 spiro atoms. The van der Waals surface area contributed by atoms with Crippen LogP contribution in [-0.2, 0) is 11.3 Å². The first-order chi connectivity index (χ1) is 12.9. The number of carbonyl (C=O) groups is 1. The maximum Gasteiger partial charge on any atom is 0.248 e. The third kappa shape index (κ3) is 4.10. The summed E-state index contributed by atoms with van der Waals surface area (Å²) in [5.74, 6) is 1.81. The SMILES string of the molecule is Cc1cccc(Cn2ncc(C)c2NC(=O)C(C)n2ccnc2C(C)C)c1. The zero-order valence-electron chi connectivity index (χ0n) is 16.6. The summed E-state index contributed by atoms with van der Waals surface area (Å²) in [5, 5.41) is 7.51. The summed E-state index contributed by atoms with van der Waals surface area (Å²) in [4.78, 5) is 17.3. The molecule has 27 heavy (non-hydrogen) atoms. The predicted octanol–water partition coefficient (Wildman–Crippen LogP) is 4.07. The van der Waals surface area contributed by atoms with Crippen LogP contribution in [0.3, 0.4) is 0 Å². The number of nitrogens with zero attached hydrogens (tertiary/aromatic N) is 4. The Labute approximate surface area is 160 Å². The zero-order chi connectivity index (χ0) is 19.6. The summed E-state index contributed by atoms with van der Waals surface area (Å²) in [5.41, 5.74) is 3.30. The first-order valence-corrected chi connectivity index (χ1v) is 9.28. The van der Waals surface area contributed by atoms with Gasteiger partial charge in [0.25, 0.3) is 0 Å². The van der Waals surface area contributed by atoms with Crippen molar-refractivity contribution >= 4 is 11.7 Å². The fourth-order valence-corrected chi connectivity index (χ4v) is 3.19. The van der Waals surface area contributed by atoms with Crippen molar-refractivity contribution in [1.29, 1.82) is 0 Å². The van der Waals surface area contributed by atoms with E-state index in [1.165, 1.54) is 5.56 Å². The maximum atomic E-state index is 12.9. The predicted molar refractivity (Wildman–Crippen MR) is 107 cm³/mol. The Hall–Kier alpha value is -2.89. The minimum absolute atomic E-state index is 0.0796. The highest BCUT2D eigenvalue weighted by Crippen LogP contribution is 2.21. The molecular formula is C21H27N5O. The molecule has 1 N–H and O–H groups in total. The van der Waals surface area contributed by atoms with E-state index in [1.807, 2.05) is 35.4 Å². The lowest BCUT2D eigenvalue weighted by Gasteiger charge is -2.18. The smallest absolute Gasteiger partial charge is 0.248 e. The lowest BCUT2D eigenvalue weighted by Crippen LogP contribution is -2.26. The van der Waals surface area contributed by atoms with Crippen molar-refractivity contribution in [2.45, 2.75) is 53.1 Å². The molecule has 0 aliphatic heterocycles. The molecule has 0 bridgehead atoms. The number of carbonyl (C=O) groups excluding carboxylic acids is 1. The Morgan fingerprint density at radius 1 is 1.22 bits per heavy atom. The molecule has 1 unspecified atom stereocenters. The standard InChI is InChI=1S/C21H27N5O/c1-14(2)19-22-9-10-25(19)17(5)21(27)24-20-16(4)12-23-26(20)13-18-8-6-7-15(3)11-18/h6-12,14,17H,13H2,1-5H3,(H,24,27). The fourth-order valence-electron chi connectivity index (χ4n) is 3.19. The average molecular weight is 365 g/mol. The van der Waals surface area contributed by atoms with E-state index in [0.29, 0.717) is 6.54 Å². The molecule has 0 fully saturated rings. The van der Waals surface area contributed by atoms with Gasteiger partial charge in [0.15, 0.2) is 0 Å². The van der Waals surface area contributed by atoms with Crippen LogP contribution in [0.15, 0.2) is 42.9 Å². The number of aryl methyl sites for hydroxylation is 2. The Balaban J connectivity index is 1.80. The van der Waals surface area contributed by atoms with Crippen LogP contribution < -0.4 is 5.32 Å². The van der Waals surface area contributed by atoms with Crippen molar-refractivity contribution in [2.24, 2.45) is 0 Å². The third-order valence-corrected chi connectivity index (χ3v) is 4.69. The molecule has 0 saturated carbocycles. The summed E-state index contributed by atoms with van der Waals surface area (Å²) in [6, 6.07) is 7.95. The van der Waals surface area contributed by atoms with Gasteiger partial charge in [-0.3, -0.25) is 4.79 Å². The largest absolute Gasteiger partial charge is 0.323 e. The van der Waals surface area contributed by atoms with Crippen LogP contribution in [0.5, 0.6) is 0 Å². The molecule has 1 atom stereocenters. The molecule has 2 heterocycles. The molecule has 3 rings (SSSR count). The average Bonchev–Trinajstić information content (AvgIpc) is 3.23. The number of hydrogen-bond acceptors (Lipinski definition) is 3. The molecule has 0 aliphatic rings. The number of amides is 1. The van der Waals surface area contributed by atoms with Crippen molar-refractivity contribution in [3.05, 3.63) is 65.4 Å². The maximum absolute atomic E-state index is 12.9. The van der Waals surface area contributed by atoms with E-state index in [4.69, 9.17) is 0 Å². The highest BCUT2D eigenvalue weighted by atomic mass is 16.2. The number of benzene rings is 1. The molecule has 2 aromatic heterocycles. The number of imidazole rings is 1. The van der Waals surface area contributed by atoms with Gasteiger partial charge in [-0.2, -0.15) is 5.10 Å². The summed E-state index contributed by atoms with van der Waals surface area (Å²) < 4.78 is 3.77. The highest BCUT2D eigenvalue weighted by Gasteiger charge is 2.21. The van der Waals surface area contributed by atoms with E-state index in [1.54, 1.807) is 12.4 Å². The van der Waals surface area contributed by atoms with E-state index in [2.05, 4.69) is 54.4 Å². The van der Waals surface area contributed by atoms with Crippen molar-refractivity contribution < 1.29 is 4.79 Å². The fraction of sp³-hybridized carbons (Fsp3) is 0.381. The molecule has 0 saturated heterocycles. The monoisotopic (exact) mass is 365 g/mol. The van der Waals surface area contributed by atoms with Gasteiger partial charge in [0.05, 0.1) is 12.7 Å². The highest BCUT2D eigenvalue weighted by molar-refractivity contribution is 5.93. The Bertz CT molecular complexity index is 938. The summed E-state index contributed by atoms with van der Waals surface area (Å²) in [7, 11) is 0. The van der Waals surface area contributed by atoms with Gasteiger partial charge in [0.2, 0.25) is 5.91 Å². The number of aromatic nitrogens is 4. The number of hydrogen-bond donors (Lipinski definition) is 1. The van der Waals surface area contributed by atoms with Crippen LogP contribution in [0.4, 0.5) is 5.82 Å². The second-order valence-corrected chi connectivity index (χ2v) is 7.34. The van der Waals surface area contributed by atoms with Gasteiger partial charge in [-0.25, -0.2) is 9.67 Å². The third-order valence-electron chi connectivity index (χ3n) is 4.69. The molecule has 3 aromatic rings. The van der Waals surface area contributed by atoms with E-state index in [0.717, 1.165) is 22.8 Å². The van der Waals surface area contributed by atoms with E-state index in [9.17, 15) is 4.79 Å². The second-order valence-electron chi connectivity index (χ2n) is 7.34. The molecule has 6 nitrogen and oxygen atoms in total. The lowest BCUT2D eigenvalue weighted by atomic mass is 10.1. The number of rotatable bonds is 6. The van der Waals surface area contributed by atoms with Crippen molar-refractivity contribution in [2.75, 3.05) is 5.32 Å². The van der Waals surface area contributed by atoms with E-state index < -0.39 is 0 Å². The van der Waals surface area contributed by atoms with Crippen LogP contribution >= 0.6 is 0 Å². The van der Waals surface area contributed by atoms with Gasteiger partial charge in [0.1, 0.15) is 17.7 Å². The molecule has 0 radical (unpaired) electrons. The first-order valence-electron chi connectivity index (χ1n) is 9.28. The van der Waals surface area contributed by atoms with Crippen LogP contribution in [0.2, 0.25) is 0 Å². The molecular weight excluding hydrogens is 338 g/mol. The summed E-state index contributed by atoms with van der Waals surface area (Å²) in [6.45, 7) is 10.7. The Kier molecular flexibility index (Phi) is 5.44. The van der Waals surface area contributed by atoms with Crippen LogP contribution in [0, 0.1) is 13.8 Å². The van der Waals surface area contributed by atoms with Crippen LogP contribution in [-0.4, -0.2) is 25.2 Å². The number of anilines is 1. The van der Waals surface area contributed by atoms with Gasteiger partial charge < -0.3 is 9.88 Å². The van der Waals surface area contributed by atoms with Crippen molar-refractivity contribution in [1.82, 2.24) is 19.3 Å². The van der Waals surface area contributed by atoms with Crippen LogP contribution in [0.1, 0.15) is 55.2 Å². The Morgan fingerprint density at radius 2 is 2.00 bits per heavy atom. The molecule has 1 amide bonds. The number of nitrogens with one attached hydrogen (secondary N) is 1. The second kappa shape index (κ2) is 7.78. The molecule has 142 valence electrons. The minimum Gasteiger partial charge on any atom is -0.323 e. The van der Waals surface area contributed by atoms with Gasteiger partial charge in [0, 0.05) is 23.9 Å². The van der Waals surface area contributed by atoms with Gasteiger partial charge >= 0.3 is 0 Å². The van der Waals surface area contributed by atoms with E-state index in [-0.39, 0.29) is 17.9 Å². The molecule has 0 aliphatic carbocycles. The van der Waals surface area contributed by atoms with Crippen molar-refractivity contribution in [3.63, 3.8) is 0 Å². The van der Waals surface area contributed by atoms with Crippen LogP contribution in [0.25, 0.3) is 0 Å². The summed E-state index contributed by atoms with van der Waals surface area (Å²) >= 11 is 0. The molecule has 1 aromatic carbocycles. The van der Waals surface area contributed by atoms with Gasteiger partial charge in [-0.15, -0.1) is 0 Å². The van der Waals surface area contributed by atoms with Crippen molar-refractivity contribution in [3.8, 4) is 0 Å². The summed E-state index contributed by atoms with van der Waals surface area (Å²) in [6.07, 6.45) is 5.38. The van der Waals surface area contributed by atoms with Gasteiger partial charge in [-0.05, 0) is 26.3 Å². The minimum atomic E-state index is -0.355. The van der Waals surface area contributed by atoms with E-state index >= 15 is 0 Å². The normalized spacial score (nSPS) is 12.4. The van der Waals surface area contributed by atoms with Gasteiger partial charge in [-0.1, -0.05) is 43.7 Å². The first kappa shape index (κ1) is 18.9. The zero-order valence-corrected chi connectivity index (χ0v) is 16.6. The Morgan fingerprint density at radius 3 is 2.70 bits per heavy atom. The quantitative estimate of drug-likeness (QED) is 0.716.